The van der Waals surface area contributed by atoms with E-state index in [4.69, 9.17) is 10.6 Å². The highest BCUT2D eigenvalue weighted by Crippen LogP contribution is 2.24. The molecule has 2 aromatic carbocycles. The number of para-hydroxylation sites is 1. The van der Waals surface area contributed by atoms with E-state index in [0.29, 0.717) is 12.3 Å². The summed E-state index contributed by atoms with van der Waals surface area (Å²) in [4.78, 5) is 17.2. The standard InChI is InChI=1S/C17H20N2O2/c1-17(2,14-9-5-3-6-10-14)13-21-19(16(18)20)15-11-7-4-8-12-15/h3-12H,13H2,1-2H3,(H2,18,20). The molecule has 110 valence electrons. The van der Waals surface area contributed by atoms with Gasteiger partial charge in [0.2, 0.25) is 0 Å². The maximum absolute atomic E-state index is 11.6. The molecule has 4 heteroatoms. The average Bonchev–Trinajstić information content (AvgIpc) is 2.49. The summed E-state index contributed by atoms with van der Waals surface area (Å²) >= 11 is 0. The van der Waals surface area contributed by atoms with Gasteiger partial charge in [-0.1, -0.05) is 62.4 Å². The second-order valence-electron chi connectivity index (χ2n) is 5.49. The van der Waals surface area contributed by atoms with Gasteiger partial charge in [-0.3, -0.25) is 4.84 Å². The number of hydrogen-bond acceptors (Lipinski definition) is 2. The van der Waals surface area contributed by atoms with Crippen molar-refractivity contribution >= 4 is 11.7 Å². The third kappa shape index (κ3) is 3.83. The Kier molecular flexibility index (Phi) is 4.60. The Labute approximate surface area is 125 Å². The molecule has 0 atom stereocenters. The van der Waals surface area contributed by atoms with Crippen LogP contribution in [-0.4, -0.2) is 12.6 Å². The first-order chi connectivity index (χ1) is 10.0. The Morgan fingerprint density at radius 2 is 1.57 bits per heavy atom. The summed E-state index contributed by atoms with van der Waals surface area (Å²) in [5.41, 5.74) is 6.93. The van der Waals surface area contributed by atoms with Crippen LogP contribution in [0, 0.1) is 0 Å². The van der Waals surface area contributed by atoms with Crippen LogP contribution in [-0.2, 0) is 10.3 Å². The Bertz CT molecular complexity index is 582. The zero-order chi connectivity index (χ0) is 15.3. The molecule has 4 nitrogen and oxygen atoms in total. The van der Waals surface area contributed by atoms with Gasteiger partial charge in [-0.2, -0.15) is 5.06 Å². The van der Waals surface area contributed by atoms with Crippen molar-refractivity contribution in [2.24, 2.45) is 5.73 Å². The van der Waals surface area contributed by atoms with Crippen molar-refractivity contribution in [1.29, 1.82) is 0 Å². The fraction of sp³-hybridized carbons (Fsp3) is 0.235. The predicted octanol–water partition coefficient (Wildman–Crippen LogP) is 3.48. The van der Waals surface area contributed by atoms with Crippen LogP contribution in [0.15, 0.2) is 60.7 Å². The van der Waals surface area contributed by atoms with Gasteiger partial charge in [0.1, 0.15) is 0 Å². The van der Waals surface area contributed by atoms with Crippen LogP contribution in [0.2, 0.25) is 0 Å². The van der Waals surface area contributed by atoms with Crippen molar-refractivity contribution in [1.82, 2.24) is 0 Å². The largest absolute Gasteiger partial charge is 0.349 e. The Morgan fingerprint density at radius 3 is 2.10 bits per heavy atom. The van der Waals surface area contributed by atoms with E-state index >= 15 is 0 Å². The summed E-state index contributed by atoms with van der Waals surface area (Å²) in [5, 5.41) is 1.13. The van der Waals surface area contributed by atoms with E-state index in [0.717, 1.165) is 10.6 Å². The first-order valence-corrected chi connectivity index (χ1v) is 6.84. The molecular weight excluding hydrogens is 264 g/mol. The fourth-order valence-corrected chi connectivity index (χ4v) is 2.03. The van der Waals surface area contributed by atoms with Crippen LogP contribution < -0.4 is 10.8 Å². The van der Waals surface area contributed by atoms with Gasteiger partial charge >= 0.3 is 6.03 Å². The minimum absolute atomic E-state index is 0.232. The molecule has 0 fully saturated rings. The van der Waals surface area contributed by atoms with Gasteiger partial charge < -0.3 is 5.73 Å². The molecule has 0 heterocycles. The Balaban J connectivity index is 2.11. The molecule has 0 saturated carbocycles. The summed E-state index contributed by atoms with van der Waals surface area (Å²) < 4.78 is 0. The third-order valence-electron chi connectivity index (χ3n) is 3.30. The number of nitrogens with zero attached hydrogens (tertiary/aromatic N) is 1. The van der Waals surface area contributed by atoms with Crippen LogP contribution in [0.5, 0.6) is 0 Å². The van der Waals surface area contributed by atoms with Crippen LogP contribution >= 0.6 is 0 Å². The van der Waals surface area contributed by atoms with Gasteiger partial charge in [-0.15, -0.1) is 0 Å². The number of carbonyl (C=O) groups is 1. The molecule has 2 amide bonds. The first-order valence-electron chi connectivity index (χ1n) is 6.84. The van der Waals surface area contributed by atoms with E-state index in [9.17, 15) is 4.79 Å². The summed E-state index contributed by atoms with van der Waals surface area (Å²) in [5.74, 6) is 0. The molecule has 2 N–H and O–H groups in total. The normalized spacial score (nSPS) is 11.1. The number of hydroxylamine groups is 1. The molecule has 0 aliphatic carbocycles. The van der Waals surface area contributed by atoms with E-state index < -0.39 is 6.03 Å². The van der Waals surface area contributed by atoms with Gasteiger partial charge in [0, 0.05) is 5.41 Å². The first kappa shape index (κ1) is 15.1. The Morgan fingerprint density at radius 1 is 1.05 bits per heavy atom. The van der Waals surface area contributed by atoms with E-state index in [-0.39, 0.29) is 5.41 Å². The number of hydrogen-bond donors (Lipinski definition) is 1. The highest BCUT2D eigenvalue weighted by Gasteiger charge is 2.24. The highest BCUT2D eigenvalue weighted by atomic mass is 16.7. The second kappa shape index (κ2) is 6.41. The lowest BCUT2D eigenvalue weighted by Crippen LogP contribution is -2.39. The molecule has 0 bridgehead atoms. The SMILES string of the molecule is CC(C)(CON(C(N)=O)c1ccccc1)c1ccccc1. The number of rotatable bonds is 5. The van der Waals surface area contributed by atoms with Crippen LogP contribution in [0.4, 0.5) is 10.5 Å². The number of benzene rings is 2. The van der Waals surface area contributed by atoms with Crippen LogP contribution in [0.3, 0.4) is 0 Å². The van der Waals surface area contributed by atoms with E-state index in [1.54, 1.807) is 12.1 Å². The molecule has 2 rings (SSSR count). The number of nitrogens with two attached hydrogens (primary N) is 1. The number of amides is 2. The van der Waals surface area contributed by atoms with Crippen molar-refractivity contribution in [3.63, 3.8) is 0 Å². The minimum atomic E-state index is -0.634. The lowest BCUT2D eigenvalue weighted by atomic mass is 9.86. The Hall–Kier alpha value is -2.33. The number of anilines is 1. The van der Waals surface area contributed by atoms with Gasteiger partial charge in [0.05, 0.1) is 12.3 Å². The average molecular weight is 284 g/mol. The lowest BCUT2D eigenvalue weighted by molar-refractivity contribution is 0.0862. The zero-order valence-corrected chi connectivity index (χ0v) is 12.3. The number of carbonyl (C=O) groups excluding carboxylic acids is 1. The van der Waals surface area contributed by atoms with Crippen LogP contribution in [0.1, 0.15) is 19.4 Å². The molecular formula is C17H20N2O2. The smallest absolute Gasteiger partial charge is 0.343 e. The number of urea groups is 1. The van der Waals surface area contributed by atoms with Crippen molar-refractivity contribution < 1.29 is 9.63 Å². The van der Waals surface area contributed by atoms with E-state index in [1.165, 1.54) is 0 Å². The molecule has 2 aromatic rings. The molecule has 0 saturated heterocycles. The van der Waals surface area contributed by atoms with E-state index in [1.807, 2.05) is 48.5 Å². The quantitative estimate of drug-likeness (QED) is 0.855. The predicted molar refractivity (Wildman–Crippen MR) is 83.9 cm³/mol. The molecule has 0 unspecified atom stereocenters. The van der Waals surface area contributed by atoms with Crippen LogP contribution in [0.25, 0.3) is 0 Å². The molecule has 21 heavy (non-hydrogen) atoms. The fourth-order valence-electron chi connectivity index (χ4n) is 2.03. The zero-order valence-electron chi connectivity index (χ0n) is 12.3. The maximum atomic E-state index is 11.6. The van der Waals surface area contributed by atoms with Crippen molar-refractivity contribution in [2.75, 3.05) is 11.7 Å². The summed E-state index contributed by atoms with van der Waals surface area (Å²) in [6, 6.07) is 18.5. The number of primary amides is 1. The monoisotopic (exact) mass is 284 g/mol. The molecule has 0 radical (unpaired) electrons. The van der Waals surface area contributed by atoms with Crippen molar-refractivity contribution in [3.05, 3.63) is 66.2 Å². The van der Waals surface area contributed by atoms with E-state index in [2.05, 4.69) is 13.8 Å². The van der Waals surface area contributed by atoms with Gasteiger partial charge in [-0.05, 0) is 17.7 Å². The molecule has 0 aromatic heterocycles. The minimum Gasteiger partial charge on any atom is -0.349 e. The molecule has 0 aliphatic rings. The van der Waals surface area contributed by atoms with Gasteiger partial charge in [-0.25, -0.2) is 4.79 Å². The second-order valence-corrected chi connectivity index (χ2v) is 5.49. The molecule has 0 spiro atoms. The van der Waals surface area contributed by atoms with Crippen molar-refractivity contribution in [2.45, 2.75) is 19.3 Å². The van der Waals surface area contributed by atoms with Crippen molar-refractivity contribution in [3.8, 4) is 0 Å². The maximum Gasteiger partial charge on any atom is 0.343 e. The highest BCUT2D eigenvalue weighted by molar-refractivity contribution is 5.88. The van der Waals surface area contributed by atoms with Gasteiger partial charge in [0.25, 0.3) is 0 Å². The molecule has 0 aliphatic heterocycles. The summed E-state index contributed by atoms with van der Waals surface area (Å²) in [7, 11) is 0. The summed E-state index contributed by atoms with van der Waals surface area (Å²) in [6.07, 6.45) is 0. The third-order valence-corrected chi connectivity index (χ3v) is 3.30. The topological polar surface area (TPSA) is 55.6 Å². The summed E-state index contributed by atoms with van der Waals surface area (Å²) in [6.45, 7) is 4.47. The lowest BCUT2D eigenvalue weighted by Gasteiger charge is -2.28. The van der Waals surface area contributed by atoms with Gasteiger partial charge in [0.15, 0.2) is 0 Å².